The zero-order valence-electron chi connectivity index (χ0n) is 7.96. The first kappa shape index (κ1) is 10.1. The van der Waals surface area contributed by atoms with Gasteiger partial charge in [0.05, 0.1) is 13.7 Å². The molecule has 1 rings (SSSR count). The third-order valence-electron chi connectivity index (χ3n) is 1.41. The number of carbonyl (C=O) groups is 1. The lowest BCUT2D eigenvalue weighted by Gasteiger charge is -1.94. The van der Waals surface area contributed by atoms with E-state index in [1.807, 2.05) is 0 Å². The first-order chi connectivity index (χ1) is 6.76. The van der Waals surface area contributed by atoms with Gasteiger partial charge in [0, 0.05) is 6.07 Å². The summed E-state index contributed by atoms with van der Waals surface area (Å²) in [6, 6.07) is 1.60. The van der Waals surface area contributed by atoms with Crippen molar-refractivity contribution in [1.82, 2.24) is 10.5 Å². The molecule has 0 saturated carbocycles. The molecule has 0 radical (unpaired) electrons. The number of aromatic nitrogens is 1. The fourth-order valence-corrected chi connectivity index (χ4v) is 0.799. The molecule has 1 amide bonds. The maximum Gasteiger partial charge on any atom is 0.296 e. The molecule has 0 aliphatic heterocycles. The molecule has 0 spiro atoms. The minimum Gasteiger partial charge on any atom is -0.479 e. The van der Waals surface area contributed by atoms with Gasteiger partial charge in [-0.1, -0.05) is 5.92 Å². The highest BCUT2D eigenvalue weighted by molar-refractivity contribution is 5.93. The van der Waals surface area contributed by atoms with Gasteiger partial charge in [-0.25, -0.2) is 0 Å². The average Bonchev–Trinajstić information content (AvgIpc) is 2.63. The van der Waals surface area contributed by atoms with E-state index in [4.69, 9.17) is 9.26 Å². The third-order valence-corrected chi connectivity index (χ3v) is 1.41. The minimum absolute atomic E-state index is 0.254. The summed E-state index contributed by atoms with van der Waals surface area (Å²) in [7, 11) is 1.49. The maximum atomic E-state index is 10.9. The van der Waals surface area contributed by atoms with E-state index in [2.05, 4.69) is 22.3 Å². The molecule has 0 aromatic carbocycles. The van der Waals surface area contributed by atoms with E-state index in [0.717, 1.165) is 0 Å². The van der Waals surface area contributed by atoms with Crippen molar-refractivity contribution in [2.45, 2.75) is 13.5 Å². The fraction of sp³-hybridized carbons (Fsp3) is 0.333. The second-order valence-corrected chi connectivity index (χ2v) is 2.39. The zero-order valence-corrected chi connectivity index (χ0v) is 7.96. The Bertz CT molecular complexity index is 373. The van der Waals surface area contributed by atoms with Crippen LogP contribution in [0.4, 0.5) is 0 Å². The van der Waals surface area contributed by atoms with Crippen LogP contribution < -0.4 is 10.1 Å². The number of amides is 1. The zero-order chi connectivity index (χ0) is 10.4. The van der Waals surface area contributed by atoms with Crippen molar-refractivity contribution in [2.24, 2.45) is 0 Å². The van der Waals surface area contributed by atoms with Crippen LogP contribution in [0, 0.1) is 11.8 Å². The number of nitrogens with zero attached hydrogens (tertiary/aromatic N) is 1. The Labute approximate surface area is 81.4 Å². The van der Waals surface area contributed by atoms with Crippen molar-refractivity contribution < 1.29 is 14.1 Å². The molecule has 0 aliphatic rings. The Balaban J connectivity index is 2.44. The monoisotopic (exact) mass is 194 g/mol. The van der Waals surface area contributed by atoms with Crippen LogP contribution in [0.1, 0.15) is 12.7 Å². The Morgan fingerprint density at radius 2 is 2.57 bits per heavy atom. The molecular weight excluding hydrogens is 184 g/mol. The lowest BCUT2D eigenvalue weighted by molar-refractivity contribution is -0.115. The summed E-state index contributed by atoms with van der Waals surface area (Å²) in [4.78, 5) is 10.9. The Kier molecular flexibility index (Phi) is 3.56. The predicted octanol–water partition coefficient (Wildman–Crippen LogP) is 0.323. The number of hydrogen-bond acceptors (Lipinski definition) is 4. The highest BCUT2D eigenvalue weighted by Gasteiger charge is 2.04. The van der Waals surface area contributed by atoms with Crippen LogP contribution in [0.3, 0.4) is 0 Å². The van der Waals surface area contributed by atoms with Gasteiger partial charge < -0.3 is 14.6 Å². The van der Waals surface area contributed by atoms with Gasteiger partial charge in [0.15, 0.2) is 5.76 Å². The first-order valence-corrected chi connectivity index (χ1v) is 3.96. The van der Waals surface area contributed by atoms with Gasteiger partial charge in [-0.2, -0.15) is 0 Å². The second kappa shape index (κ2) is 4.92. The normalized spacial score (nSPS) is 8.71. The molecule has 74 valence electrons. The highest BCUT2D eigenvalue weighted by atomic mass is 16.5. The van der Waals surface area contributed by atoms with E-state index in [0.29, 0.717) is 11.6 Å². The van der Waals surface area contributed by atoms with Gasteiger partial charge in [0.2, 0.25) is 0 Å². The second-order valence-electron chi connectivity index (χ2n) is 2.39. The van der Waals surface area contributed by atoms with E-state index in [-0.39, 0.29) is 12.5 Å². The molecule has 0 saturated heterocycles. The molecule has 0 unspecified atom stereocenters. The molecule has 5 heteroatoms. The molecule has 0 fully saturated rings. The van der Waals surface area contributed by atoms with Crippen LogP contribution in [-0.2, 0) is 11.3 Å². The molecule has 0 aliphatic carbocycles. The molecule has 0 bridgehead atoms. The first-order valence-electron chi connectivity index (χ1n) is 3.96. The van der Waals surface area contributed by atoms with Crippen LogP contribution in [0.2, 0.25) is 0 Å². The van der Waals surface area contributed by atoms with Gasteiger partial charge in [-0.05, 0) is 18.0 Å². The lowest BCUT2D eigenvalue weighted by atomic mass is 10.4. The highest BCUT2D eigenvalue weighted by Crippen LogP contribution is 2.09. The average molecular weight is 194 g/mol. The van der Waals surface area contributed by atoms with Crippen LogP contribution in [0.5, 0.6) is 5.88 Å². The smallest absolute Gasteiger partial charge is 0.296 e. The van der Waals surface area contributed by atoms with E-state index < -0.39 is 0 Å². The van der Waals surface area contributed by atoms with Crippen LogP contribution in [0.15, 0.2) is 10.6 Å². The summed E-state index contributed by atoms with van der Waals surface area (Å²) >= 11 is 0. The molecule has 1 N–H and O–H groups in total. The molecule has 1 heterocycles. The number of nitrogens with one attached hydrogen (secondary N) is 1. The van der Waals surface area contributed by atoms with Gasteiger partial charge in [-0.15, -0.1) is 0 Å². The lowest BCUT2D eigenvalue weighted by Crippen LogP contribution is -2.20. The number of rotatable bonds is 3. The Morgan fingerprint density at radius 1 is 1.79 bits per heavy atom. The maximum absolute atomic E-state index is 10.9. The minimum atomic E-state index is -0.345. The van der Waals surface area contributed by atoms with E-state index in [1.165, 1.54) is 7.11 Å². The Morgan fingerprint density at radius 3 is 3.14 bits per heavy atom. The van der Waals surface area contributed by atoms with Crippen molar-refractivity contribution in [1.29, 1.82) is 0 Å². The van der Waals surface area contributed by atoms with Gasteiger partial charge in [0.1, 0.15) is 0 Å². The topological polar surface area (TPSA) is 64.4 Å². The molecule has 1 aromatic heterocycles. The number of ether oxygens (including phenoxy) is 1. The van der Waals surface area contributed by atoms with Gasteiger partial charge in [0.25, 0.3) is 11.8 Å². The summed E-state index contributed by atoms with van der Waals surface area (Å²) in [5, 5.41) is 6.11. The van der Waals surface area contributed by atoms with Crippen molar-refractivity contribution in [3.8, 4) is 17.7 Å². The molecule has 0 atom stereocenters. The summed E-state index contributed by atoms with van der Waals surface area (Å²) in [6.07, 6.45) is 0. The fourth-order valence-electron chi connectivity index (χ4n) is 0.799. The molecular formula is C9H10N2O3. The quantitative estimate of drug-likeness (QED) is 0.704. The molecule has 14 heavy (non-hydrogen) atoms. The summed E-state index contributed by atoms with van der Waals surface area (Å²) in [6.45, 7) is 1.85. The summed E-state index contributed by atoms with van der Waals surface area (Å²) in [5.74, 6) is 5.39. The van der Waals surface area contributed by atoms with Crippen molar-refractivity contribution in [3.05, 3.63) is 11.8 Å². The summed E-state index contributed by atoms with van der Waals surface area (Å²) in [5.41, 5.74) is 0. The number of hydrogen-bond donors (Lipinski definition) is 1. The van der Waals surface area contributed by atoms with Crippen molar-refractivity contribution in [2.75, 3.05) is 7.11 Å². The number of carbonyl (C=O) groups excluding carboxylic acids is 1. The predicted molar refractivity (Wildman–Crippen MR) is 48.4 cm³/mol. The van der Waals surface area contributed by atoms with Crippen molar-refractivity contribution >= 4 is 5.91 Å². The van der Waals surface area contributed by atoms with Crippen LogP contribution in [-0.4, -0.2) is 18.2 Å². The van der Waals surface area contributed by atoms with Crippen molar-refractivity contribution in [3.63, 3.8) is 0 Å². The van der Waals surface area contributed by atoms with E-state index >= 15 is 0 Å². The largest absolute Gasteiger partial charge is 0.479 e. The third kappa shape index (κ3) is 2.83. The van der Waals surface area contributed by atoms with Crippen LogP contribution in [0.25, 0.3) is 0 Å². The van der Waals surface area contributed by atoms with Crippen LogP contribution >= 0.6 is 0 Å². The number of methoxy groups -OCH3 is 1. The molecule has 5 nitrogen and oxygen atoms in total. The molecule has 1 aromatic rings. The standard InChI is InChI=1S/C9H10N2O3/c1-3-4-8(12)10-6-7-5-9(13-2)11-14-7/h5H,6H2,1-2H3,(H,10,12). The summed E-state index contributed by atoms with van der Waals surface area (Å²) < 4.78 is 9.65. The Hall–Kier alpha value is -1.96. The van der Waals surface area contributed by atoms with E-state index in [9.17, 15) is 4.79 Å². The van der Waals surface area contributed by atoms with E-state index in [1.54, 1.807) is 13.0 Å². The van der Waals surface area contributed by atoms with Gasteiger partial charge >= 0.3 is 0 Å². The van der Waals surface area contributed by atoms with Gasteiger partial charge in [-0.3, -0.25) is 4.79 Å². The SMILES string of the molecule is CC#CC(=O)NCc1cc(OC)no1.